The van der Waals surface area contributed by atoms with Gasteiger partial charge in [-0.25, -0.2) is 4.79 Å². The van der Waals surface area contributed by atoms with Gasteiger partial charge in [-0.3, -0.25) is 4.79 Å². The maximum Gasteiger partial charge on any atom is 0.337 e. The number of carbonyl (C=O) groups is 2. The number of aromatic carboxylic acids is 1. The molecule has 3 rings (SSSR count). The highest BCUT2D eigenvalue weighted by Crippen LogP contribution is 2.34. The molecule has 5 nitrogen and oxygen atoms in total. The quantitative estimate of drug-likeness (QED) is 0.382. The van der Waals surface area contributed by atoms with Crippen molar-refractivity contribution in [1.29, 1.82) is 5.26 Å². The number of aryl methyl sites for hydroxylation is 1. The van der Waals surface area contributed by atoms with E-state index < -0.39 is 17.3 Å². The molecule has 0 spiro atoms. The summed E-state index contributed by atoms with van der Waals surface area (Å²) < 4.78 is 0. The summed E-state index contributed by atoms with van der Waals surface area (Å²) in [6.07, 6.45) is 0. The minimum atomic E-state index is -1.07. The monoisotopic (exact) mass is 416 g/mol. The van der Waals surface area contributed by atoms with Crippen molar-refractivity contribution >= 4 is 29.2 Å². The zero-order valence-electron chi connectivity index (χ0n) is 16.3. The topological polar surface area (TPSA) is 90.2 Å². The summed E-state index contributed by atoms with van der Waals surface area (Å²) in [4.78, 5) is 25.0. The summed E-state index contributed by atoms with van der Waals surface area (Å²) in [7, 11) is 0. The van der Waals surface area contributed by atoms with Gasteiger partial charge in [-0.1, -0.05) is 72.3 Å². The summed E-state index contributed by atoms with van der Waals surface area (Å²) in [6.45, 7) is 1.94. The Morgan fingerprint density at radius 2 is 1.70 bits per heavy atom. The number of nitrogens with zero attached hydrogens (tertiary/aromatic N) is 1. The maximum atomic E-state index is 13.3. The molecule has 0 amide bonds. The van der Waals surface area contributed by atoms with Gasteiger partial charge >= 0.3 is 5.97 Å². The fourth-order valence-corrected chi connectivity index (χ4v) is 3.97. The summed E-state index contributed by atoms with van der Waals surface area (Å²) in [6, 6.07) is 22.4. The van der Waals surface area contributed by atoms with E-state index in [-0.39, 0.29) is 11.3 Å². The predicted molar refractivity (Wildman–Crippen MR) is 119 cm³/mol. The van der Waals surface area contributed by atoms with Crippen molar-refractivity contribution in [3.05, 3.63) is 101 Å². The van der Waals surface area contributed by atoms with Crippen molar-refractivity contribution in [3.63, 3.8) is 0 Å². The number of carbonyl (C=O) groups excluding carboxylic acids is 1. The first-order valence-corrected chi connectivity index (χ1v) is 10.2. The van der Waals surface area contributed by atoms with E-state index in [9.17, 15) is 20.0 Å². The van der Waals surface area contributed by atoms with Gasteiger partial charge in [0.05, 0.1) is 11.6 Å². The van der Waals surface area contributed by atoms with Crippen LogP contribution in [0.3, 0.4) is 0 Å². The van der Waals surface area contributed by atoms with Gasteiger partial charge in [-0.15, -0.1) is 0 Å². The molecular weight excluding hydrogens is 396 g/mol. The summed E-state index contributed by atoms with van der Waals surface area (Å²) in [5.41, 5.74) is 2.78. The molecule has 0 aliphatic rings. The number of thiocyanates is 1. The Labute approximate surface area is 179 Å². The van der Waals surface area contributed by atoms with Crippen molar-refractivity contribution in [3.8, 4) is 5.40 Å². The van der Waals surface area contributed by atoms with Gasteiger partial charge in [0.25, 0.3) is 0 Å². The minimum Gasteiger partial charge on any atom is -0.478 e. The highest BCUT2D eigenvalue weighted by molar-refractivity contribution is 8.05. The lowest BCUT2D eigenvalue weighted by Gasteiger charge is -2.27. The van der Waals surface area contributed by atoms with Crippen LogP contribution in [0, 0.1) is 17.6 Å². The lowest BCUT2D eigenvalue weighted by atomic mass is 9.95. The van der Waals surface area contributed by atoms with Crippen LogP contribution in [0.15, 0.2) is 78.9 Å². The number of thioether (sulfide) groups is 1. The van der Waals surface area contributed by atoms with Crippen LogP contribution >= 0.6 is 11.8 Å². The number of hydrogen-bond acceptors (Lipinski definition) is 5. The fraction of sp³-hybridized carbons (Fsp3) is 0.125. The van der Waals surface area contributed by atoms with Crippen molar-refractivity contribution in [2.75, 3.05) is 5.32 Å². The van der Waals surface area contributed by atoms with Gasteiger partial charge in [-0.2, -0.15) is 5.26 Å². The van der Waals surface area contributed by atoms with Crippen molar-refractivity contribution < 1.29 is 14.7 Å². The number of para-hydroxylation sites is 1. The smallest absolute Gasteiger partial charge is 0.337 e. The largest absolute Gasteiger partial charge is 0.478 e. The maximum absolute atomic E-state index is 13.3. The third-order valence-corrected chi connectivity index (χ3v) is 5.51. The van der Waals surface area contributed by atoms with Crippen LogP contribution in [0.25, 0.3) is 0 Å². The van der Waals surface area contributed by atoms with E-state index in [2.05, 4.69) is 5.32 Å². The third kappa shape index (κ3) is 4.88. The van der Waals surface area contributed by atoms with Crippen LogP contribution in [0.2, 0.25) is 0 Å². The number of rotatable bonds is 8. The molecule has 0 aliphatic heterocycles. The van der Waals surface area contributed by atoms with Crippen LogP contribution in [0.5, 0.6) is 0 Å². The highest BCUT2D eigenvalue weighted by atomic mass is 32.2. The van der Waals surface area contributed by atoms with Crippen molar-refractivity contribution in [2.45, 2.75) is 18.2 Å². The first kappa shape index (κ1) is 21.2. The molecule has 30 heavy (non-hydrogen) atoms. The van der Waals surface area contributed by atoms with Gasteiger partial charge in [0.1, 0.15) is 10.7 Å². The van der Waals surface area contributed by atoms with Crippen molar-refractivity contribution in [1.82, 2.24) is 0 Å². The zero-order chi connectivity index (χ0) is 21.5. The average Bonchev–Trinajstić information content (AvgIpc) is 2.76. The Kier molecular flexibility index (Phi) is 6.89. The first-order valence-electron chi connectivity index (χ1n) is 9.30. The number of ketones is 1. The first-order chi connectivity index (χ1) is 14.5. The molecule has 2 unspecified atom stereocenters. The molecule has 6 heteroatoms. The number of benzene rings is 3. The van der Waals surface area contributed by atoms with E-state index in [4.69, 9.17) is 0 Å². The molecule has 0 fully saturated rings. The van der Waals surface area contributed by atoms with Crippen LogP contribution in [-0.2, 0) is 0 Å². The second-order valence-corrected chi connectivity index (χ2v) is 7.67. The molecular formula is C24H20N2O3S. The lowest BCUT2D eigenvalue weighted by Crippen LogP contribution is -2.31. The molecule has 2 atom stereocenters. The number of anilines is 1. The van der Waals surface area contributed by atoms with E-state index in [0.29, 0.717) is 11.3 Å². The van der Waals surface area contributed by atoms with E-state index in [0.717, 1.165) is 22.9 Å². The van der Waals surface area contributed by atoms with Gasteiger partial charge < -0.3 is 10.4 Å². The molecule has 0 saturated carbocycles. The van der Waals surface area contributed by atoms with Crippen molar-refractivity contribution in [2.24, 2.45) is 0 Å². The number of carboxylic acids is 1. The number of hydrogen-bond donors (Lipinski definition) is 2. The Morgan fingerprint density at radius 1 is 1.00 bits per heavy atom. The van der Waals surface area contributed by atoms with Gasteiger partial charge in [-0.05, 0) is 36.4 Å². The summed E-state index contributed by atoms with van der Waals surface area (Å²) in [5.74, 6) is -1.27. The summed E-state index contributed by atoms with van der Waals surface area (Å²) >= 11 is 0.868. The van der Waals surface area contributed by atoms with Crippen LogP contribution in [0.1, 0.15) is 37.9 Å². The molecule has 2 N–H and O–H groups in total. The van der Waals surface area contributed by atoms with Gasteiger partial charge in [0.2, 0.25) is 0 Å². The number of Topliss-reactive ketones (excluding diaryl/α,β-unsaturated/α-hetero) is 1. The Balaban J connectivity index is 2.09. The predicted octanol–water partition coefficient (Wildman–Crippen LogP) is 5.31. The van der Waals surface area contributed by atoms with Gasteiger partial charge in [0.15, 0.2) is 5.78 Å². The lowest BCUT2D eigenvalue weighted by molar-refractivity contribution is 0.0697. The fourth-order valence-electron chi connectivity index (χ4n) is 3.26. The average molecular weight is 417 g/mol. The standard InChI is InChI=1S/C24H20N2O3S/c1-16-8-7-11-18(14-16)21(26-20-13-6-5-12-19(20)24(28)29)23(30-15-25)22(27)17-9-3-2-4-10-17/h2-14,21,23,26H,1H3,(H,28,29). The van der Waals surface area contributed by atoms with Crippen LogP contribution < -0.4 is 5.32 Å². The van der Waals surface area contributed by atoms with Crippen LogP contribution in [-0.4, -0.2) is 22.1 Å². The highest BCUT2D eigenvalue weighted by Gasteiger charge is 2.32. The van der Waals surface area contributed by atoms with Gasteiger partial charge in [0, 0.05) is 11.3 Å². The SMILES string of the molecule is Cc1cccc(C(Nc2ccccc2C(=O)O)C(SC#N)C(=O)c2ccccc2)c1. The van der Waals surface area contributed by atoms with E-state index >= 15 is 0 Å². The van der Waals surface area contributed by atoms with E-state index in [1.807, 2.05) is 42.7 Å². The second kappa shape index (κ2) is 9.77. The van der Waals surface area contributed by atoms with E-state index in [1.165, 1.54) is 6.07 Å². The zero-order valence-corrected chi connectivity index (χ0v) is 17.1. The molecule has 3 aromatic carbocycles. The molecule has 0 saturated heterocycles. The summed E-state index contributed by atoms with van der Waals surface area (Å²) in [5, 5.41) is 23.5. The number of nitrogens with one attached hydrogen (secondary N) is 1. The molecule has 0 aliphatic carbocycles. The molecule has 0 heterocycles. The normalized spacial score (nSPS) is 12.4. The Hall–Kier alpha value is -3.56. The molecule has 0 radical (unpaired) electrons. The molecule has 0 bridgehead atoms. The number of nitriles is 1. The van der Waals surface area contributed by atoms with Crippen LogP contribution in [0.4, 0.5) is 5.69 Å². The molecule has 0 aromatic heterocycles. The Morgan fingerprint density at radius 3 is 2.37 bits per heavy atom. The minimum absolute atomic E-state index is 0.100. The van der Waals surface area contributed by atoms with E-state index in [1.54, 1.807) is 42.5 Å². The third-order valence-electron chi connectivity index (χ3n) is 4.67. The number of carboxylic acid groups (broad SMARTS) is 1. The second-order valence-electron chi connectivity index (χ2n) is 6.75. The Bertz CT molecular complexity index is 1090. The molecule has 150 valence electrons. The molecule has 3 aromatic rings.